The number of hydrogen-bond acceptors (Lipinski definition) is 5. The van der Waals surface area contributed by atoms with Crippen LogP contribution in [-0.4, -0.2) is 33.1 Å². The Kier molecular flexibility index (Phi) is 5.07. The summed E-state index contributed by atoms with van der Waals surface area (Å²) in [6.45, 7) is 12.2. The normalized spacial score (nSPS) is 15.0. The van der Waals surface area contributed by atoms with Crippen molar-refractivity contribution >= 4 is 39.7 Å². The topological polar surface area (TPSA) is 56.3 Å². The standard InChI is InChI=1S/C16H25NO3S2Si/c1-12(16(2,3)20-23(4,5)6)11-22(18,19)15-17-13-9-7-8-10-14(13)21-15/h7-10,12H,11H2,1-6H3. The molecular formula is C16H25NO3S2Si. The predicted molar refractivity (Wildman–Crippen MR) is 99.3 cm³/mol. The Labute approximate surface area is 144 Å². The first-order chi connectivity index (χ1) is 10.4. The highest BCUT2D eigenvalue weighted by Gasteiger charge is 2.36. The zero-order valence-corrected chi connectivity index (χ0v) is 17.2. The summed E-state index contributed by atoms with van der Waals surface area (Å²) in [7, 11) is -5.16. The number of rotatable bonds is 6. The van der Waals surface area contributed by atoms with Crippen LogP contribution < -0.4 is 0 Å². The lowest BCUT2D eigenvalue weighted by Gasteiger charge is -2.37. The third-order valence-electron chi connectivity index (χ3n) is 3.77. The quantitative estimate of drug-likeness (QED) is 0.709. The van der Waals surface area contributed by atoms with Crippen LogP contribution in [0.3, 0.4) is 0 Å². The second-order valence-electron chi connectivity index (χ2n) is 7.45. The van der Waals surface area contributed by atoms with E-state index >= 15 is 0 Å². The molecule has 128 valence electrons. The monoisotopic (exact) mass is 371 g/mol. The molecule has 2 aromatic rings. The fourth-order valence-electron chi connectivity index (χ4n) is 2.47. The van der Waals surface area contributed by atoms with Gasteiger partial charge in [-0.2, -0.15) is 0 Å². The van der Waals surface area contributed by atoms with Crippen LogP contribution in [0.1, 0.15) is 20.8 Å². The summed E-state index contributed by atoms with van der Waals surface area (Å²) in [5, 5.41) is 0. The third kappa shape index (κ3) is 4.62. The highest BCUT2D eigenvalue weighted by atomic mass is 32.2. The molecule has 0 aliphatic carbocycles. The van der Waals surface area contributed by atoms with Crippen LogP contribution in [0.25, 0.3) is 10.2 Å². The van der Waals surface area contributed by atoms with Gasteiger partial charge in [0.05, 0.1) is 21.6 Å². The molecule has 1 unspecified atom stereocenters. The zero-order valence-electron chi connectivity index (χ0n) is 14.6. The molecule has 1 atom stereocenters. The van der Waals surface area contributed by atoms with Gasteiger partial charge in [-0.05, 0) is 51.5 Å². The molecule has 1 aromatic carbocycles. The SMILES string of the molecule is CC(CS(=O)(=O)c1nc2ccccc2s1)C(C)(C)O[Si](C)(C)C. The number of para-hydroxylation sites is 1. The molecule has 0 aliphatic rings. The Balaban J connectivity index is 2.23. The number of sulfone groups is 1. The van der Waals surface area contributed by atoms with E-state index in [4.69, 9.17) is 4.43 Å². The molecule has 0 fully saturated rings. The first-order valence-corrected chi connectivity index (χ1v) is 13.6. The zero-order chi connectivity index (χ0) is 17.5. The van der Waals surface area contributed by atoms with E-state index in [0.29, 0.717) is 0 Å². The highest BCUT2D eigenvalue weighted by Crippen LogP contribution is 2.31. The van der Waals surface area contributed by atoms with Crippen molar-refractivity contribution in [1.29, 1.82) is 0 Å². The number of aromatic nitrogens is 1. The van der Waals surface area contributed by atoms with E-state index in [1.807, 2.05) is 45.0 Å². The molecule has 1 heterocycles. The van der Waals surface area contributed by atoms with Gasteiger partial charge in [-0.3, -0.25) is 0 Å². The van der Waals surface area contributed by atoms with Gasteiger partial charge in [0.1, 0.15) is 0 Å². The number of thiazole rings is 1. The molecule has 0 aliphatic heterocycles. The summed E-state index contributed by atoms with van der Waals surface area (Å²) in [5.41, 5.74) is 0.259. The smallest absolute Gasteiger partial charge is 0.210 e. The highest BCUT2D eigenvalue weighted by molar-refractivity contribution is 7.93. The van der Waals surface area contributed by atoms with E-state index in [-0.39, 0.29) is 16.0 Å². The van der Waals surface area contributed by atoms with Gasteiger partial charge in [0.2, 0.25) is 14.2 Å². The molecule has 7 heteroatoms. The van der Waals surface area contributed by atoms with Gasteiger partial charge in [0, 0.05) is 0 Å². The maximum atomic E-state index is 12.7. The average Bonchev–Trinajstić information content (AvgIpc) is 2.79. The summed E-state index contributed by atoms with van der Waals surface area (Å²) in [6.07, 6.45) is 0. The molecule has 23 heavy (non-hydrogen) atoms. The number of hydrogen-bond donors (Lipinski definition) is 0. The van der Waals surface area contributed by atoms with Crippen molar-refractivity contribution < 1.29 is 12.8 Å². The molecule has 0 N–H and O–H groups in total. The van der Waals surface area contributed by atoms with Gasteiger partial charge >= 0.3 is 0 Å². The number of fused-ring (bicyclic) bond motifs is 1. The molecule has 0 saturated heterocycles. The summed E-state index contributed by atoms with van der Waals surface area (Å²) in [6, 6.07) is 7.50. The van der Waals surface area contributed by atoms with Crippen molar-refractivity contribution in [3.8, 4) is 0 Å². The first-order valence-electron chi connectivity index (χ1n) is 7.69. The molecule has 2 rings (SSSR count). The van der Waals surface area contributed by atoms with E-state index in [0.717, 1.165) is 10.2 Å². The lowest BCUT2D eigenvalue weighted by molar-refractivity contribution is 0.0533. The molecule has 0 amide bonds. The van der Waals surface area contributed by atoms with Crippen molar-refractivity contribution in [2.45, 2.75) is 50.4 Å². The molecular weight excluding hydrogens is 346 g/mol. The van der Waals surface area contributed by atoms with Crippen LogP contribution >= 0.6 is 11.3 Å². The predicted octanol–water partition coefficient (Wildman–Crippen LogP) is 4.34. The summed E-state index contributed by atoms with van der Waals surface area (Å²) < 4.78 is 32.7. The molecule has 4 nitrogen and oxygen atoms in total. The summed E-state index contributed by atoms with van der Waals surface area (Å²) in [5.74, 6) is -0.0733. The van der Waals surface area contributed by atoms with Crippen LogP contribution in [-0.2, 0) is 14.3 Å². The Morgan fingerprint density at radius 2 is 1.87 bits per heavy atom. The first kappa shape index (κ1) is 18.6. The maximum absolute atomic E-state index is 12.7. The minimum Gasteiger partial charge on any atom is -0.412 e. The Morgan fingerprint density at radius 3 is 2.43 bits per heavy atom. The lowest BCUT2D eigenvalue weighted by Crippen LogP contribution is -2.44. The lowest BCUT2D eigenvalue weighted by atomic mass is 9.95. The van der Waals surface area contributed by atoms with Crippen molar-refractivity contribution in [2.75, 3.05) is 5.75 Å². The minimum absolute atomic E-state index is 0.0459. The van der Waals surface area contributed by atoms with Crippen LogP contribution in [0, 0.1) is 5.92 Å². The van der Waals surface area contributed by atoms with Crippen molar-refractivity contribution in [3.05, 3.63) is 24.3 Å². The fourth-order valence-corrected chi connectivity index (χ4v) is 7.37. The second kappa shape index (κ2) is 6.27. The largest absolute Gasteiger partial charge is 0.412 e. The van der Waals surface area contributed by atoms with Crippen LogP contribution in [0.4, 0.5) is 0 Å². The van der Waals surface area contributed by atoms with E-state index in [1.165, 1.54) is 11.3 Å². The Hall–Kier alpha value is -0.763. The van der Waals surface area contributed by atoms with Crippen LogP contribution in [0.5, 0.6) is 0 Å². The van der Waals surface area contributed by atoms with Crippen LogP contribution in [0.15, 0.2) is 28.6 Å². The summed E-state index contributed by atoms with van der Waals surface area (Å²) >= 11 is 1.24. The van der Waals surface area contributed by atoms with Gasteiger partial charge in [-0.15, -0.1) is 11.3 Å². The summed E-state index contributed by atoms with van der Waals surface area (Å²) in [4.78, 5) is 4.29. The fraction of sp³-hybridized carbons (Fsp3) is 0.562. The van der Waals surface area contributed by atoms with E-state index in [9.17, 15) is 8.42 Å². The Bertz CT molecular complexity index is 758. The number of nitrogens with zero attached hydrogens (tertiary/aromatic N) is 1. The van der Waals surface area contributed by atoms with E-state index < -0.39 is 23.8 Å². The molecule has 0 saturated carbocycles. The van der Waals surface area contributed by atoms with Crippen molar-refractivity contribution in [1.82, 2.24) is 4.98 Å². The van der Waals surface area contributed by atoms with Gasteiger partial charge in [-0.1, -0.05) is 19.1 Å². The Morgan fingerprint density at radius 1 is 1.26 bits per heavy atom. The van der Waals surface area contributed by atoms with E-state index in [1.54, 1.807) is 0 Å². The van der Waals surface area contributed by atoms with Gasteiger partial charge in [0.25, 0.3) is 0 Å². The van der Waals surface area contributed by atoms with Crippen LogP contribution in [0.2, 0.25) is 19.6 Å². The van der Waals surface area contributed by atoms with Gasteiger partial charge in [0.15, 0.2) is 8.32 Å². The molecule has 0 radical (unpaired) electrons. The molecule has 0 bridgehead atoms. The van der Waals surface area contributed by atoms with Gasteiger partial charge < -0.3 is 4.43 Å². The maximum Gasteiger partial charge on any atom is 0.210 e. The average molecular weight is 372 g/mol. The van der Waals surface area contributed by atoms with Gasteiger partial charge in [-0.25, -0.2) is 13.4 Å². The van der Waals surface area contributed by atoms with Crippen molar-refractivity contribution in [2.24, 2.45) is 5.92 Å². The van der Waals surface area contributed by atoms with Crippen molar-refractivity contribution in [3.63, 3.8) is 0 Å². The molecule has 0 spiro atoms. The second-order valence-corrected chi connectivity index (χ2v) is 15.1. The molecule has 1 aromatic heterocycles. The van der Waals surface area contributed by atoms with E-state index in [2.05, 4.69) is 24.6 Å². The third-order valence-corrected chi connectivity index (χ3v) is 8.31. The number of benzene rings is 1. The minimum atomic E-state index is -3.42.